The molecule has 0 atom stereocenters. The highest BCUT2D eigenvalue weighted by atomic mass is 32.2. The second-order valence-electron chi connectivity index (χ2n) is 5.88. The predicted octanol–water partition coefficient (Wildman–Crippen LogP) is 2.88. The normalized spacial score (nSPS) is 12.8. The molecule has 0 saturated heterocycles. The molecule has 1 aliphatic rings. The van der Waals surface area contributed by atoms with Gasteiger partial charge in [-0.05, 0) is 65.1 Å². The minimum Gasteiger partial charge on any atom is -0.325 e. The fourth-order valence-electron chi connectivity index (χ4n) is 2.98. The van der Waals surface area contributed by atoms with Gasteiger partial charge in [-0.15, -0.1) is 5.10 Å². The van der Waals surface area contributed by atoms with Gasteiger partial charge in [0.05, 0.1) is 11.4 Å². The minimum absolute atomic E-state index is 0.0643. The average Bonchev–Trinajstić information content (AvgIpc) is 3.29. The molecule has 0 aliphatic heterocycles. The molecule has 0 bridgehead atoms. The summed E-state index contributed by atoms with van der Waals surface area (Å²) < 4.78 is 1.63. The Morgan fingerprint density at radius 3 is 2.84 bits per heavy atom. The van der Waals surface area contributed by atoms with E-state index in [9.17, 15) is 4.79 Å². The largest absolute Gasteiger partial charge is 0.325 e. The van der Waals surface area contributed by atoms with Crippen LogP contribution in [0.5, 0.6) is 0 Å². The summed E-state index contributed by atoms with van der Waals surface area (Å²) in [6.07, 6.45) is 3.44. The van der Waals surface area contributed by atoms with Crippen LogP contribution in [0.3, 0.4) is 0 Å². The standard InChI is InChI=1S/C18H17N5OS/c24-17(19-15-10-9-13-5-4-6-14(13)11-15)12-25-18-20-21-22-23(18)16-7-2-1-3-8-16/h1-3,7-11H,4-6,12H2,(H,19,24). The number of carbonyl (C=O) groups excluding carboxylic acids is 1. The molecule has 126 valence electrons. The zero-order valence-corrected chi connectivity index (χ0v) is 14.4. The first-order valence-corrected chi connectivity index (χ1v) is 9.16. The van der Waals surface area contributed by atoms with Crippen LogP contribution in [0.25, 0.3) is 5.69 Å². The number of thioether (sulfide) groups is 1. The Morgan fingerprint density at radius 2 is 1.96 bits per heavy atom. The van der Waals surface area contributed by atoms with Crippen LogP contribution in [0.2, 0.25) is 0 Å². The third kappa shape index (κ3) is 3.56. The number of amides is 1. The van der Waals surface area contributed by atoms with Gasteiger partial charge in [-0.1, -0.05) is 36.0 Å². The fourth-order valence-corrected chi connectivity index (χ4v) is 3.67. The first-order chi connectivity index (χ1) is 12.3. The quantitative estimate of drug-likeness (QED) is 0.716. The van der Waals surface area contributed by atoms with Gasteiger partial charge < -0.3 is 5.32 Å². The number of fused-ring (bicyclic) bond motifs is 1. The third-order valence-corrected chi connectivity index (χ3v) is 5.08. The number of nitrogens with zero attached hydrogens (tertiary/aromatic N) is 4. The number of tetrazole rings is 1. The third-order valence-electron chi connectivity index (χ3n) is 4.16. The summed E-state index contributed by atoms with van der Waals surface area (Å²) in [6, 6.07) is 15.8. The number of anilines is 1. The van der Waals surface area contributed by atoms with Gasteiger partial charge >= 0.3 is 0 Å². The van der Waals surface area contributed by atoms with E-state index in [0.29, 0.717) is 5.16 Å². The highest BCUT2D eigenvalue weighted by Gasteiger charge is 2.14. The Bertz CT molecular complexity index is 893. The molecular weight excluding hydrogens is 334 g/mol. The molecule has 0 saturated carbocycles. The van der Waals surface area contributed by atoms with Crippen molar-refractivity contribution in [3.8, 4) is 5.69 Å². The Labute approximate surface area is 149 Å². The highest BCUT2D eigenvalue weighted by molar-refractivity contribution is 7.99. The summed E-state index contributed by atoms with van der Waals surface area (Å²) in [5.41, 5.74) is 4.47. The summed E-state index contributed by atoms with van der Waals surface area (Å²) >= 11 is 1.32. The van der Waals surface area contributed by atoms with Crippen molar-refractivity contribution in [2.75, 3.05) is 11.1 Å². The van der Waals surface area contributed by atoms with Crippen LogP contribution in [0.15, 0.2) is 53.7 Å². The van der Waals surface area contributed by atoms with E-state index < -0.39 is 0 Å². The molecule has 1 aromatic heterocycles. The average molecular weight is 351 g/mol. The molecule has 0 radical (unpaired) electrons. The fraction of sp³-hybridized carbons (Fsp3) is 0.222. The lowest BCUT2D eigenvalue weighted by Gasteiger charge is -2.07. The minimum atomic E-state index is -0.0643. The molecular formula is C18H17N5OS. The summed E-state index contributed by atoms with van der Waals surface area (Å²) in [6.45, 7) is 0. The van der Waals surface area contributed by atoms with E-state index in [2.05, 4.69) is 33.0 Å². The van der Waals surface area contributed by atoms with Crippen molar-refractivity contribution >= 4 is 23.4 Å². The Balaban J connectivity index is 1.39. The Morgan fingerprint density at radius 1 is 1.12 bits per heavy atom. The SMILES string of the molecule is O=C(CSc1nnnn1-c1ccccc1)Nc1ccc2c(c1)CCC2. The van der Waals surface area contributed by atoms with Crippen LogP contribution < -0.4 is 5.32 Å². The van der Waals surface area contributed by atoms with E-state index in [1.807, 2.05) is 36.4 Å². The maximum Gasteiger partial charge on any atom is 0.234 e. The monoisotopic (exact) mass is 351 g/mol. The van der Waals surface area contributed by atoms with Gasteiger partial charge in [0.1, 0.15) is 0 Å². The summed E-state index contributed by atoms with van der Waals surface area (Å²) in [7, 11) is 0. The molecule has 2 aromatic carbocycles. The molecule has 6 nitrogen and oxygen atoms in total. The van der Waals surface area contributed by atoms with E-state index in [4.69, 9.17) is 0 Å². The van der Waals surface area contributed by atoms with E-state index in [1.54, 1.807) is 4.68 Å². The molecule has 0 unspecified atom stereocenters. The smallest absolute Gasteiger partial charge is 0.234 e. The molecule has 25 heavy (non-hydrogen) atoms. The molecule has 3 aromatic rings. The van der Waals surface area contributed by atoms with Crippen LogP contribution in [-0.4, -0.2) is 31.9 Å². The number of nitrogens with one attached hydrogen (secondary N) is 1. The number of para-hydroxylation sites is 1. The van der Waals surface area contributed by atoms with Crippen molar-refractivity contribution in [1.82, 2.24) is 20.2 Å². The van der Waals surface area contributed by atoms with Gasteiger partial charge in [-0.25, -0.2) is 0 Å². The zero-order chi connectivity index (χ0) is 17.1. The summed E-state index contributed by atoms with van der Waals surface area (Å²) in [4.78, 5) is 12.2. The van der Waals surface area contributed by atoms with Crippen molar-refractivity contribution in [2.45, 2.75) is 24.4 Å². The number of aryl methyl sites for hydroxylation is 2. The highest BCUT2D eigenvalue weighted by Crippen LogP contribution is 2.25. The van der Waals surface area contributed by atoms with Crippen molar-refractivity contribution in [1.29, 1.82) is 0 Å². The lowest BCUT2D eigenvalue weighted by Crippen LogP contribution is -2.14. The molecule has 7 heteroatoms. The predicted molar refractivity (Wildman–Crippen MR) is 97.0 cm³/mol. The number of carbonyl (C=O) groups is 1. The van der Waals surface area contributed by atoms with Crippen LogP contribution in [0.4, 0.5) is 5.69 Å². The van der Waals surface area contributed by atoms with Crippen LogP contribution in [0.1, 0.15) is 17.5 Å². The van der Waals surface area contributed by atoms with Crippen molar-refractivity contribution in [3.63, 3.8) is 0 Å². The molecule has 1 N–H and O–H groups in total. The van der Waals surface area contributed by atoms with Crippen molar-refractivity contribution in [3.05, 3.63) is 59.7 Å². The van der Waals surface area contributed by atoms with E-state index in [-0.39, 0.29) is 11.7 Å². The zero-order valence-electron chi connectivity index (χ0n) is 13.6. The molecule has 0 fully saturated rings. The molecule has 1 heterocycles. The van der Waals surface area contributed by atoms with Crippen LogP contribution in [-0.2, 0) is 17.6 Å². The molecule has 0 spiro atoms. The Hall–Kier alpha value is -2.67. The summed E-state index contributed by atoms with van der Waals surface area (Å²) in [5, 5.41) is 15.3. The topological polar surface area (TPSA) is 72.7 Å². The number of benzene rings is 2. The molecule has 4 rings (SSSR count). The molecule has 1 amide bonds. The van der Waals surface area contributed by atoms with Gasteiger partial charge in [0.2, 0.25) is 11.1 Å². The first-order valence-electron chi connectivity index (χ1n) is 8.18. The summed E-state index contributed by atoms with van der Waals surface area (Å²) in [5.74, 6) is 0.190. The lowest BCUT2D eigenvalue weighted by molar-refractivity contribution is -0.113. The van der Waals surface area contributed by atoms with E-state index in [1.165, 1.54) is 29.3 Å². The Kier molecular flexibility index (Phi) is 4.47. The van der Waals surface area contributed by atoms with Gasteiger partial charge in [-0.2, -0.15) is 4.68 Å². The number of rotatable bonds is 5. The van der Waals surface area contributed by atoms with Gasteiger partial charge in [-0.3, -0.25) is 4.79 Å². The lowest BCUT2D eigenvalue weighted by atomic mass is 10.1. The van der Waals surface area contributed by atoms with Crippen LogP contribution >= 0.6 is 11.8 Å². The molecule has 1 aliphatic carbocycles. The van der Waals surface area contributed by atoms with Crippen molar-refractivity contribution < 1.29 is 4.79 Å². The maximum atomic E-state index is 12.2. The first kappa shape index (κ1) is 15.8. The second-order valence-corrected chi connectivity index (χ2v) is 6.83. The van der Waals surface area contributed by atoms with E-state index in [0.717, 1.165) is 24.2 Å². The number of aromatic nitrogens is 4. The van der Waals surface area contributed by atoms with Gasteiger partial charge in [0.25, 0.3) is 0 Å². The second kappa shape index (κ2) is 7.06. The van der Waals surface area contributed by atoms with Gasteiger partial charge in [0, 0.05) is 5.69 Å². The number of hydrogen-bond donors (Lipinski definition) is 1. The number of hydrogen-bond acceptors (Lipinski definition) is 5. The van der Waals surface area contributed by atoms with Crippen LogP contribution in [0, 0.1) is 0 Å². The van der Waals surface area contributed by atoms with Crippen molar-refractivity contribution in [2.24, 2.45) is 0 Å². The van der Waals surface area contributed by atoms with Gasteiger partial charge in [0.15, 0.2) is 0 Å². The maximum absolute atomic E-state index is 12.2. The van der Waals surface area contributed by atoms with E-state index >= 15 is 0 Å².